The van der Waals surface area contributed by atoms with Gasteiger partial charge in [0.05, 0.1) is 24.4 Å². The van der Waals surface area contributed by atoms with E-state index in [9.17, 15) is 19.8 Å². The lowest BCUT2D eigenvalue weighted by Crippen LogP contribution is -2.38. The van der Waals surface area contributed by atoms with E-state index in [1.54, 1.807) is 36.0 Å². The predicted molar refractivity (Wildman–Crippen MR) is 187 cm³/mol. The van der Waals surface area contributed by atoms with Crippen molar-refractivity contribution in [2.75, 3.05) is 5.75 Å². The van der Waals surface area contributed by atoms with Gasteiger partial charge in [0.1, 0.15) is 0 Å². The van der Waals surface area contributed by atoms with Crippen molar-refractivity contribution in [3.05, 3.63) is 161 Å². The predicted octanol–water partition coefficient (Wildman–Crippen LogP) is 8.06. The highest BCUT2D eigenvalue weighted by molar-refractivity contribution is 7.99. The van der Waals surface area contributed by atoms with E-state index in [-0.39, 0.29) is 36.2 Å². The van der Waals surface area contributed by atoms with Crippen LogP contribution < -0.4 is 5.32 Å². The van der Waals surface area contributed by atoms with Crippen LogP contribution in [0.5, 0.6) is 0 Å². The van der Waals surface area contributed by atoms with Crippen molar-refractivity contribution in [3.8, 4) is 11.1 Å². The van der Waals surface area contributed by atoms with Crippen molar-refractivity contribution in [3.63, 3.8) is 0 Å². The summed E-state index contributed by atoms with van der Waals surface area (Å²) in [6, 6.07) is 40.2. The van der Waals surface area contributed by atoms with E-state index in [1.165, 1.54) is 0 Å². The van der Waals surface area contributed by atoms with E-state index in [4.69, 9.17) is 9.47 Å². The van der Waals surface area contributed by atoms with Crippen LogP contribution in [0, 0.1) is 5.92 Å². The minimum absolute atomic E-state index is 0.0120. The van der Waals surface area contributed by atoms with E-state index in [1.807, 2.05) is 84.9 Å². The lowest BCUT2D eigenvalue weighted by atomic mass is 9.91. The largest absolute Gasteiger partial charge is 0.478 e. The van der Waals surface area contributed by atoms with Crippen molar-refractivity contribution in [1.82, 2.24) is 5.32 Å². The number of aromatic carboxylic acids is 1. The van der Waals surface area contributed by atoms with Gasteiger partial charge in [0.25, 0.3) is 5.91 Å². The molecule has 1 heterocycles. The second-order valence-electron chi connectivity index (χ2n) is 11.8. The number of aliphatic hydroxyl groups is 1. The van der Waals surface area contributed by atoms with Crippen molar-refractivity contribution in [2.24, 2.45) is 5.92 Å². The van der Waals surface area contributed by atoms with Gasteiger partial charge in [0.15, 0.2) is 6.29 Å². The molecule has 1 fully saturated rings. The molecule has 6 rings (SSSR count). The average molecular weight is 660 g/mol. The third-order valence-electron chi connectivity index (χ3n) is 8.55. The fraction of sp³-hybridized carbons (Fsp3) is 0.200. The average Bonchev–Trinajstić information content (AvgIpc) is 3.14. The summed E-state index contributed by atoms with van der Waals surface area (Å²) in [7, 11) is 0. The van der Waals surface area contributed by atoms with Crippen molar-refractivity contribution < 1.29 is 29.3 Å². The fourth-order valence-electron chi connectivity index (χ4n) is 5.78. The van der Waals surface area contributed by atoms with Gasteiger partial charge in [-0.25, -0.2) is 4.79 Å². The molecule has 5 aromatic carbocycles. The first-order valence-electron chi connectivity index (χ1n) is 15.9. The number of carboxylic acid groups (broad SMARTS) is 1. The van der Waals surface area contributed by atoms with E-state index >= 15 is 0 Å². The Morgan fingerprint density at radius 2 is 1.44 bits per heavy atom. The Labute approximate surface area is 284 Å². The van der Waals surface area contributed by atoms with Gasteiger partial charge in [-0.2, -0.15) is 0 Å². The maximum atomic E-state index is 12.6. The molecule has 0 aromatic heterocycles. The molecule has 0 unspecified atom stereocenters. The van der Waals surface area contributed by atoms with Crippen LogP contribution in [0.1, 0.15) is 62.3 Å². The Bertz CT molecular complexity index is 1840. The number of benzene rings is 5. The highest BCUT2D eigenvalue weighted by Gasteiger charge is 2.38. The zero-order valence-electron chi connectivity index (χ0n) is 26.5. The Morgan fingerprint density at radius 3 is 2.15 bits per heavy atom. The minimum atomic E-state index is -0.949. The smallest absolute Gasteiger partial charge is 0.335 e. The van der Waals surface area contributed by atoms with Crippen LogP contribution in [-0.2, 0) is 22.6 Å². The van der Waals surface area contributed by atoms with Crippen molar-refractivity contribution in [1.29, 1.82) is 0 Å². The molecule has 7 nitrogen and oxygen atoms in total. The van der Waals surface area contributed by atoms with Crippen LogP contribution in [0.25, 0.3) is 11.1 Å². The van der Waals surface area contributed by atoms with Gasteiger partial charge >= 0.3 is 5.97 Å². The van der Waals surface area contributed by atoms with Crippen molar-refractivity contribution >= 4 is 23.6 Å². The van der Waals surface area contributed by atoms with Gasteiger partial charge in [-0.05, 0) is 76.3 Å². The van der Waals surface area contributed by atoms with Crippen LogP contribution in [0.15, 0.2) is 132 Å². The molecule has 1 saturated heterocycles. The number of carboxylic acids is 1. The van der Waals surface area contributed by atoms with Crippen LogP contribution in [0.4, 0.5) is 0 Å². The second-order valence-corrected chi connectivity index (χ2v) is 12.9. The molecule has 3 N–H and O–H groups in total. The van der Waals surface area contributed by atoms with Crippen LogP contribution in [0.3, 0.4) is 0 Å². The molecule has 0 spiro atoms. The molecule has 0 radical (unpaired) electrons. The first-order chi connectivity index (χ1) is 23.4. The lowest BCUT2D eigenvalue weighted by Gasteiger charge is -2.41. The van der Waals surface area contributed by atoms with Gasteiger partial charge in [0.2, 0.25) is 0 Å². The van der Waals surface area contributed by atoms with Gasteiger partial charge in [-0.1, -0.05) is 85.8 Å². The number of aliphatic hydroxyl groups excluding tert-OH is 1. The van der Waals surface area contributed by atoms with Gasteiger partial charge in [0, 0.05) is 34.2 Å². The number of thioether (sulfide) groups is 1. The maximum absolute atomic E-state index is 12.6. The Hall–Kier alpha value is -4.73. The number of amides is 1. The first-order valence-corrected chi connectivity index (χ1v) is 16.9. The minimum Gasteiger partial charge on any atom is -0.478 e. The number of hydrogen-bond acceptors (Lipinski definition) is 6. The summed E-state index contributed by atoms with van der Waals surface area (Å²) in [5.41, 5.74) is 6.61. The molecule has 244 valence electrons. The van der Waals surface area contributed by atoms with Gasteiger partial charge in [-0.15, -0.1) is 11.8 Å². The van der Waals surface area contributed by atoms with E-state index in [2.05, 4.69) is 30.4 Å². The highest BCUT2D eigenvalue weighted by atomic mass is 32.2. The Kier molecular flexibility index (Phi) is 10.7. The number of rotatable bonds is 11. The van der Waals surface area contributed by atoms with Gasteiger partial charge in [-0.3, -0.25) is 4.79 Å². The topological polar surface area (TPSA) is 105 Å². The number of nitrogens with one attached hydrogen (secondary N) is 1. The molecule has 5 aromatic rings. The lowest BCUT2D eigenvalue weighted by molar-refractivity contribution is -0.268. The molecular weight excluding hydrogens is 623 g/mol. The zero-order chi connectivity index (χ0) is 33.5. The normalized spacial score (nSPS) is 19.0. The Morgan fingerprint density at radius 1 is 0.729 bits per heavy atom. The van der Waals surface area contributed by atoms with Crippen LogP contribution in [0.2, 0.25) is 0 Å². The fourth-order valence-corrected chi connectivity index (χ4v) is 6.85. The number of ether oxygens (including phenoxy) is 2. The summed E-state index contributed by atoms with van der Waals surface area (Å²) in [5, 5.41) is 21.9. The second kappa shape index (κ2) is 15.4. The molecule has 1 amide bonds. The van der Waals surface area contributed by atoms with Gasteiger partial charge < -0.3 is 25.0 Å². The van der Waals surface area contributed by atoms with Crippen molar-refractivity contribution in [2.45, 2.75) is 43.5 Å². The molecule has 0 aliphatic carbocycles. The summed E-state index contributed by atoms with van der Waals surface area (Å²) in [6.07, 6.45) is -1.05. The standard InChI is InChI=1S/C40H37NO6S/c1-26-36(25-48-35-19-17-31(18-20-35)39(44)45)46-40(47-37(26)29-15-13-27(24-42)14-16-29)34-12-6-11-33(22-34)32-10-5-7-28(21-32)23-41-38(43)30-8-3-2-4-9-30/h2-22,26,36-37,40,42H,23-25H2,1H3,(H,41,43)(H,44,45)/t26-,36+,37+,40+/m1/s1. The zero-order valence-corrected chi connectivity index (χ0v) is 27.3. The molecular formula is C40H37NO6S. The molecule has 48 heavy (non-hydrogen) atoms. The van der Waals surface area contributed by atoms with Crippen LogP contribution >= 0.6 is 11.8 Å². The van der Waals surface area contributed by atoms with Crippen LogP contribution in [-0.4, -0.2) is 33.9 Å². The summed E-state index contributed by atoms with van der Waals surface area (Å²) in [6.45, 7) is 2.50. The molecule has 1 aliphatic rings. The third-order valence-corrected chi connectivity index (χ3v) is 9.65. The Balaban J connectivity index is 1.22. The molecule has 1 aliphatic heterocycles. The summed E-state index contributed by atoms with van der Waals surface area (Å²) in [5.74, 6) is -0.406. The summed E-state index contributed by atoms with van der Waals surface area (Å²) >= 11 is 1.62. The first kappa shape index (κ1) is 33.2. The number of carbonyl (C=O) groups is 2. The number of carbonyl (C=O) groups excluding carboxylic acids is 1. The molecule has 8 heteroatoms. The maximum Gasteiger partial charge on any atom is 0.335 e. The molecule has 0 bridgehead atoms. The molecule has 4 atom stereocenters. The number of hydrogen-bond donors (Lipinski definition) is 3. The third kappa shape index (κ3) is 8.03. The van der Waals surface area contributed by atoms with E-state index in [0.29, 0.717) is 17.9 Å². The summed E-state index contributed by atoms with van der Waals surface area (Å²) < 4.78 is 13.3. The van der Waals surface area contributed by atoms with E-state index < -0.39 is 12.3 Å². The van der Waals surface area contributed by atoms with E-state index in [0.717, 1.165) is 38.3 Å². The monoisotopic (exact) mass is 659 g/mol. The summed E-state index contributed by atoms with van der Waals surface area (Å²) in [4.78, 5) is 24.9. The highest BCUT2D eigenvalue weighted by Crippen LogP contribution is 2.43. The molecule has 0 saturated carbocycles. The quantitative estimate of drug-likeness (QED) is 0.123. The SMILES string of the molecule is C[C@@H]1[C@H](CSc2ccc(C(=O)O)cc2)O[C@H](c2cccc(-c3cccc(CNC(=O)c4ccccc4)c3)c2)O[C@@H]1c1ccc(CO)cc1.